The summed E-state index contributed by atoms with van der Waals surface area (Å²) >= 11 is 1.35. The van der Waals surface area contributed by atoms with Crippen LogP contribution in [0.1, 0.15) is 41.8 Å². The van der Waals surface area contributed by atoms with Crippen LogP contribution in [0, 0.1) is 0 Å². The van der Waals surface area contributed by atoms with Crippen molar-refractivity contribution in [1.29, 1.82) is 0 Å². The van der Waals surface area contributed by atoms with Gasteiger partial charge in [0.1, 0.15) is 9.71 Å². The number of nitrogen functional groups attached to an aromatic ring is 1. The van der Waals surface area contributed by atoms with Crippen molar-refractivity contribution in [3.63, 3.8) is 0 Å². The van der Waals surface area contributed by atoms with Gasteiger partial charge >= 0.3 is 0 Å². The van der Waals surface area contributed by atoms with E-state index in [4.69, 9.17) is 5.73 Å². The first-order valence-corrected chi connectivity index (χ1v) is 7.88. The highest BCUT2D eigenvalue weighted by Crippen LogP contribution is 2.32. The highest BCUT2D eigenvalue weighted by Gasteiger charge is 2.22. The second-order valence-electron chi connectivity index (χ2n) is 5.15. The first kappa shape index (κ1) is 13.3. The Morgan fingerprint density at radius 3 is 2.60 bits per heavy atom. The van der Waals surface area contributed by atoms with Crippen LogP contribution < -0.4 is 5.73 Å². The third-order valence-electron chi connectivity index (χ3n) is 3.76. The largest absolute Gasteiger partial charge is 0.397 e. The number of fused-ring (bicyclic) bond motifs is 1. The fourth-order valence-electron chi connectivity index (χ4n) is 2.63. The van der Waals surface area contributed by atoms with Crippen molar-refractivity contribution in [2.24, 2.45) is 0 Å². The van der Waals surface area contributed by atoms with Crippen LogP contribution in [0.2, 0.25) is 0 Å². The van der Waals surface area contributed by atoms with Crippen molar-refractivity contribution in [2.45, 2.75) is 32.1 Å². The molecule has 5 nitrogen and oxygen atoms in total. The number of amides is 1. The van der Waals surface area contributed by atoms with Crippen molar-refractivity contribution in [2.75, 3.05) is 18.8 Å². The molecule has 0 aliphatic carbocycles. The van der Waals surface area contributed by atoms with E-state index in [0.717, 1.165) is 36.1 Å². The topological polar surface area (TPSA) is 72.1 Å². The maximum absolute atomic E-state index is 12.7. The number of aromatic nitrogens is 2. The normalized spacial score (nSPS) is 16.9. The Morgan fingerprint density at radius 1 is 1.20 bits per heavy atom. The molecular weight excluding hydrogens is 272 g/mol. The Bertz CT molecular complexity index is 617. The molecule has 2 aromatic rings. The predicted molar refractivity (Wildman–Crippen MR) is 80.8 cm³/mol. The van der Waals surface area contributed by atoms with Gasteiger partial charge in [0.2, 0.25) is 0 Å². The van der Waals surface area contributed by atoms with Crippen molar-refractivity contribution in [3.05, 3.63) is 17.1 Å². The van der Waals surface area contributed by atoms with Gasteiger partial charge in [-0.05, 0) is 18.9 Å². The molecule has 3 heterocycles. The smallest absolute Gasteiger partial charge is 0.266 e. The zero-order valence-corrected chi connectivity index (χ0v) is 12.2. The van der Waals surface area contributed by atoms with Gasteiger partial charge in [0, 0.05) is 18.5 Å². The molecule has 0 spiro atoms. The molecule has 0 bridgehead atoms. The number of hydrogen-bond acceptors (Lipinski definition) is 5. The molecule has 1 fully saturated rings. The number of carbonyl (C=O) groups excluding carboxylic acids is 1. The van der Waals surface area contributed by atoms with E-state index < -0.39 is 0 Å². The van der Waals surface area contributed by atoms with Gasteiger partial charge in [-0.2, -0.15) is 5.10 Å². The van der Waals surface area contributed by atoms with Crippen molar-refractivity contribution >= 4 is 33.1 Å². The summed E-state index contributed by atoms with van der Waals surface area (Å²) < 4.78 is 0. The molecule has 1 amide bonds. The SMILES string of the molecule is Nc1c(C(=O)N2CCCCCCC2)sc2nnccc12. The Balaban J connectivity index is 1.89. The van der Waals surface area contributed by atoms with Crippen molar-refractivity contribution in [3.8, 4) is 0 Å². The Kier molecular flexibility index (Phi) is 3.82. The number of nitrogens with zero attached hydrogens (tertiary/aromatic N) is 3. The molecule has 1 saturated heterocycles. The average Bonchev–Trinajstić information content (AvgIpc) is 2.76. The average molecular weight is 290 g/mol. The summed E-state index contributed by atoms with van der Waals surface area (Å²) in [5, 5.41) is 8.72. The van der Waals surface area contributed by atoms with Crippen LogP contribution in [0.4, 0.5) is 5.69 Å². The summed E-state index contributed by atoms with van der Waals surface area (Å²) in [5.74, 6) is 0.0485. The molecule has 0 radical (unpaired) electrons. The maximum atomic E-state index is 12.7. The van der Waals surface area contributed by atoms with Crippen LogP contribution in [0.3, 0.4) is 0 Å². The molecule has 1 aliphatic rings. The number of anilines is 1. The minimum Gasteiger partial charge on any atom is -0.397 e. The third kappa shape index (κ3) is 2.47. The number of nitrogens with two attached hydrogens (primary N) is 1. The standard InChI is InChI=1S/C14H18N4OS/c15-11-10-6-7-16-17-13(10)20-12(11)14(19)18-8-4-2-1-3-5-9-18/h6-7H,1-5,8-9,15H2. The highest BCUT2D eigenvalue weighted by molar-refractivity contribution is 7.21. The molecule has 0 unspecified atom stereocenters. The van der Waals surface area contributed by atoms with Gasteiger partial charge in [-0.25, -0.2) is 0 Å². The van der Waals surface area contributed by atoms with Crippen LogP contribution in [-0.2, 0) is 0 Å². The lowest BCUT2D eigenvalue weighted by atomic mass is 10.1. The van der Waals surface area contributed by atoms with E-state index in [1.807, 2.05) is 11.0 Å². The van der Waals surface area contributed by atoms with Gasteiger partial charge in [0.25, 0.3) is 5.91 Å². The molecule has 2 N–H and O–H groups in total. The second-order valence-corrected chi connectivity index (χ2v) is 6.15. The van der Waals surface area contributed by atoms with E-state index >= 15 is 0 Å². The van der Waals surface area contributed by atoms with Crippen LogP contribution in [0.25, 0.3) is 10.2 Å². The maximum Gasteiger partial charge on any atom is 0.266 e. The molecule has 3 rings (SSSR count). The van der Waals surface area contributed by atoms with Crippen LogP contribution in [0.15, 0.2) is 12.3 Å². The lowest BCUT2D eigenvalue weighted by Gasteiger charge is -2.24. The third-order valence-corrected chi connectivity index (χ3v) is 4.85. The van der Waals surface area contributed by atoms with E-state index in [1.54, 1.807) is 6.20 Å². The van der Waals surface area contributed by atoms with Crippen LogP contribution in [-0.4, -0.2) is 34.1 Å². The van der Waals surface area contributed by atoms with E-state index in [0.29, 0.717) is 10.6 Å². The molecule has 0 atom stereocenters. The summed E-state index contributed by atoms with van der Waals surface area (Å²) in [4.78, 5) is 16.0. The van der Waals surface area contributed by atoms with Gasteiger partial charge in [0.15, 0.2) is 0 Å². The fraction of sp³-hybridized carbons (Fsp3) is 0.500. The van der Waals surface area contributed by atoms with Gasteiger partial charge in [0.05, 0.1) is 11.9 Å². The van der Waals surface area contributed by atoms with Gasteiger partial charge in [-0.1, -0.05) is 19.3 Å². The predicted octanol–water partition coefficient (Wildman–Crippen LogP) is 2.68. The second kappa shape index (κ2) is 5.75. The number of hydrogen-bond donors (Lipinski definition) is 1. The van der Waals surface area contributed by atoms with E-state index in [-0.39, 0.29) is 5.91 Å². The lowest BCUT2D eigenvalue weighted by Crippen LogP contribution is -2.33. The number of likely N-dealkylation sites (tertiary alicyclic amines) is 1. The quantitative estimate of drug-likeness (QED) is 0.876. The summed E-state index contributed by atoms with van der Waals surface area (Å²) in [5.41, 5.74) is 6.66. The molecule has 0 saturated carbocycles. The van der Waals surface area contributed by atoms with Gasteiger partial charge in [-0.15, -0.1) is 16.4 Å². The van der Waals surface area contributed by atoms with E-state index in [2.05, 4.69) is 10.2 Å². The van der Waals surface area contributed by atoms with Crippen LogP contribution in [0.5, 0.6) is 0 Å². The molecule has 1 aliphatic heterocycles. The van der Waals surface area contributed by atoms with E-state index in [9.17, 15) is 4.79 Å². The number of rotatable bonds is 1. The minimum atomic E-state index is 0.0485. The Hall–Kier alpha value is -1.69. The first-order valence-electron chi connectivity index (χ1n) is 7.06. The fourth-order valence-corrected chi connectivity index (χ4v) is 3.63. The molecule has 106 valence electrons. The van der Waals surface area contributed by atoms with Crippen LogP contribution >= 0.6 is 11.3 Å². The molecular formula is C14H18N4OS. The number of carbonyl (C=O) groups is 1. The molecule has 6 heteroatoms. The molecule has 2 aromatic heterocycles. The Labute approximate surface area is 121 Å². The molecule has 20 heavy (non-hydrogen) atoms. The van der Waals surface area contributed by atoms with Crippen molar-refractivity contribution in [1.82, 2.24) is 15.1 Å². The minimum absolute atomic E-state index is 0.0485. The van der Waals surface area contributed by atoms with E-state index in [1.165, 1.54) is 30.6 Å². The van der Waals surface area contributed by atoms with Gasteiger partial charge < -0.3 is 10.6 Å². The summed E-state index contributed by atoms with van der Waals surface area (Å²) in [6, 6.07) is 1.82. The Morgan fingerprint density at radius 2 is 1.90 bits per heavy atom. The van der Waals surface area contributed by atoms with Crippen molar-refractivity contribution < 1.29 is 4.79 Å². The highest BCUT2D eigenvalue weighted by atomic mass is 32.1. The zero-order chi connectivity index (χ0) is 13.9. The summed E-state index contributed by atoms with van der Waals surface area (Å²) in [7, 11) is 0. The monoisotopic (exact) mass is 290 g/mol. The van der Waals surface area contributed by atoms with Gasteiger partial charge in [-0.3, -0.25) is 4.79 Å². The zero-order valence-electron chi connectivity index (χ0n) is 11.3. The summed E-state index contributed by atoms with van der Waals surface area (Å²) in [6.45, 7) is 1.66. The molecule has 0 aromatic carbocycles. The number of thiophene rings is 1. The first-order chi connectivity index (χ1) is 9.77. The lowest BCUT2D eigenvalue weighted by molar-refractivity contribution is 0.0748. The summed E-state index contributed by atoms with van der Waals surface area (Å²) in [6.07, 6.45) is 7.46.